The number of carbonyl (C=O) groups is 2. The van der Waals surface area contributed by atoms with Gasteiger partial charge in [0.15, 0.2) is 0 Å². The van der Waals surface area contributed by atoms with E-state index >= 15 is 0 Å². The van der Waals surface area contributed by atoms with Crippen molar-refractivity contribution in [2.45, 2.75) is 83.7 Å². The first-order valence-electron chi connectivity index (χ1n) is 24.3. The van der Waals surface area contributed by atoms with Crippen LogP contribution in [0.25, 0.3) is 0 Å². The third-order valence-corrected chi connectivity index (χ3v) is 14.4. The Balaban J connectivity index is 0.770. The van der Waals surface area contributed by atoms with Crippen molar-refractivity contribution in [3.63, 3.8) is 0 Å². The third kappa shape index (κ3) is 9.18. The van der Waals surface area contributed by atoms with E-state index in [1.54, 1.807) is 36.4 Å². The Morgan fingerprint density at radius 1 is 0.549 bits per heavy atom. The molecule has 0 aliphatic heterocycles. The van der Waals surface area contributed by atoms with Gasteiger partial charge < -0.3 is 18.9 Å². The van der Waals surface area contributed by atoms with E-state index in [2.05, 4.69) is 65.8 Å². The summed E-state index contributed by atoms with van der Waals surface area (Å²) in [7, 11) is 0. The van der Waals surface area contributed by atoms with Crippen molar-refractivity contribution in [3.8, 4) is 23.3 Å². The van der Waals surface area contributed by atoms with Crippen LogP contribution in [0, 0.1) is 11.8 Å². The van der Waals surface area contributed by atoms with Crippen LogP contribution in [-0.4, -0.2) is 34.7 Å². The molecule has 71 heavy (non-hydrogen) atoms. The van der Waals surface area contributed by atoms with Crippen LogP contribution < -0.4 is 18.9 Å². The van der Waals surface area contributed by atoms with Gasteiger partial charge >= 0.3 is 12.3 Å². The number of carbonyl (C=O) groups excluding carboxylic acids is 2. The van der Waals surface area contributed by atoms with E-state index in [-0.39, 0.29) is 23.6 Å². The minimum Gasteiger partial charge on any atom is -0.395 e. The summed E-state index contributed by atoms with van der Waals surface area (Å²) in [5.74, 6) is 1.29. The van der Waals surface area contributed by atoms with E-state index < -0.39 is 28.8 Å². The summed E-state index contributed by atoms with van der Waals surface area (Å²) in [6.07, 6.45) is 14.0. The highest BCUT2D eigenvalue weighted by Crippen LogP contribution is 2.54. The average Bonchev–Trinajstić information content (AvgIpc) is 3.35. The van der Waals surface area contributed by atoms with Gasteiger partial charge in [0.1, 0.15) is 22.6 Å². The molecule has 0 N–H and O–H groups in total. The molecule has 4 aromatic carbocycles. The van der Waals surface area contributed by atoms with Gasteiger partial charge in [-0.1, -0.05) is 134 Å². The highest BCUT2D eigenvalue weighted by atomic mass is 16.7. The fraction of sp³-hybridized carbons (Fsp3) is 0.246. The van der Waals surface area contributed by atoms with Crippen LogP contribution in [0.15, 0.2) is 190 Å². The number of aliphatic imine (C=N–C) groups is 2. The fourth-order valence-corrected chi connectivity index (χ4v) is 11.2. The van der Waals surface area contributed by atoms with Gasteiger partial charge in [0, 0.05) is 78.6 Å². The highest BCUT2D eigenvalue weighted by Gasteiger charge is 2.48. The first-order chi connectivity index (χ1) is 34.3. The van der Waals surface area contributed by atoms with E-state index in [9.17, 15) is 9.59 Å². The molecule has 10 heteroatoms. The number of ether oxygens (including phenoxy) is 4. The maximum Gasteiger partial charge on any atom is 0.520 e. The molecule has 2 aromatic heterocycles. The number of aromatic nitrogens is 2. The minimum atomic E-state index is -0.880. The SMILES string of the molecule is C/C=C1\C2C=C(C)CC1(/N=C/c1ccccc1)c1ccc(OC(=O)Oc3ccc(C(C)(C)c4ccc(OC(=O)Oc5ccc6c(n5)CC5C=C(C)CC6(/N=C/c6ccccc6)/C5=C/C)cc4)cc3)nc1C2. The first kappa shape index (κ1) is 46.7. The third-order valence-electron chi connectivity index (χ3n) is 14.4. The van der Waals surface area contributed by atoms with Gasteiger partial charge in [-0.15, -0.1) is 0 Å². The predicted octanol–water partition coefficient (Wildman–Crippen LogP) is 13.5. The molecule has 10 rings (SSSR count). The number of allylic oxidation sites excluding steroid dienone is 4. The summed E-state index contributed by atoms with van der Waals surface area (Å²) in [5, 5.41) is 0. The summed E-state index contributed by atoms with van der Waals surface area (Å²) < 4.78 is 22.6. The highest BCUT2D eigenvalue weighted by molar-refractivity contribution is 5.81. The number of hydrogen-bond donors (Lipinski definition) is 0. The molecular weight excluding hydrogens is 885 g/mol. The van der Waals surface area contributed by atoms with Crippen LogP contribution in [0.5, 0.6) is 23.3 Å². The molecule has 0 saturated carbocycles. The molecule has 4 atom stereocenters. The number of benzene rings is 4. The topological polar surface area (TPSA) is 122 Å². The van der Waals surface area contributed by atoms with Gasteiger partial charge in [0.25, 0.3) is 0 Å². The Hall–Kier alpha value is -7.98. The number of pyridine rings is 2. The summed E-state index contributed by atoms with van der Waals surface area (Å²) in [5.41, 5.74) is 11.2. The van der Waals surface area contributed by atoms with Gasteiger partial charge in [-0.25, -0.2) is 19.6 Å². The molecule has 0 spiro atoms. The van der Waals surface area contributed by atoms with Crippen LogP contribution in [0.4, 0.5) is 9.59 Å². The molecule has 0 fully saturated rings. The van der Waals surface area contributed by atoms with E-state index in [4.69, 9.17) is 38.9 Å². The Bertz CT molecular complexity index is 2990. The lowest BCUT2D eigenvalue weighted by Gasteiger charge is -2.45. The van der Waals surface area contributed by atoms with Crippen LogP contribution in [0.2, 0.25) is 0 Å². The fourth-order valence-electron chi connectivity index (χ4n) is 11.2. The summed E-state index contributed by atoms with van der Waals surface area (Å²) in [6.45, 7) is 12.7. The van der Waals surface area contributed by atoms with Crippen molar-refractivity contribution in [2.24, 2.45) is 21.8 Å². The lowest BCUT2D eigenvalue weighted by atomic mass is 9.63. The molecule has 4 aliphatic rings. The van der Waals surface area contributed by atoms with Crippen LogP contribution in [0.1, 0.15) is 99.2 Å². The second-order valence-corrected chi connectivity index (χ2v) is 19.4. The summed E-state index contributed by atoms with van der Waals surface area (Å²) in [4.78, 5) is 46.5. The van der Waals surface area contributed by atoms with Crippen LogP contribution >= 0.6 is 0 Å². The van der Waals surface area contributed by atoms with Crippen molar-refractivity contribution in [2.75, 3.05) is 0 Å². The zero-order chi connectivity index (χ0) is 49.3. The van der Waals surface area contributed by atoms with Crippen molar-refractivity contribution in [1.82, 2.24) is 9.97 Å². The van der Waals surface area contributed by atoms with E-state index in [1.165, 1.54) is 22.3 Å². The molecule has 356 valence electrons. The van der Waals surface area contributed by atoms with Gasteiger partial charge in [-0.05, 0) is 97.5 Å². The zero-order valence-electron chi connectivity index (χ0n) is 40.9. The van der Waals surface area contributed by atoms with Crippen LogP contribution in [-0.2, 0) is 29.3 Å². The molecule has 4 bridgehead atoms. The molecular formula is C61H56N4O6. The van der Waals surface area contributed by atoms with Gasteiger partial charge in [0.2, 0.25) is 11.8 Å². The van der Waals surface area contributed by atoms with Gasteiger partial charge in [-0.2, -0.15) is 0 Å². The second kappa shape index (κ2) is 19.1. The zero-order valence-corrected chi connectivity index (χ0v) is 40.9. The molecule has 4 unspecified atom stereocenters. The molecule has 10 nitrogen and oxygen atoms in total. The quantitative estimate of drug-likeness (QED) is 0.0576. The Morgan fingerprint density at radius 2 is 0.944 bits per heavy atom. The molecule has 0 amide bonds. The smallest absolute Gasteiger partial charge is 0.395 e. The van der Waals surface area contributed by atoms with E-state index in [1.807, 2.05) is 109 Å². The van der Waals surface area contributed by atoms with Crippen molar-refractivity contribution in [3.05, 3.63) is 225 Å². The minimum absolute atomic E-state index is 0.141. The van der Waals surface area contributed by atoms with Crippen LogP contribution in [0.3, 0.4) is 0 Å². The van der Waals surface area contributed by atoms with E-state index in [0.717, 1.165) is 57.6 Å². The molecule has 4 aliphatic carbocycles. The summed E-state index contributed by atoms with van der Waals surface area (Å²) >= 11 is 0. The second-order valence-electron chi connectivity index (χ2n) is 19.4. The lowest BCUT2D eigenvalue weighted by molar-refractivity contribution is 0.148. The average molecular weight is 941 g/mol. The normalized spacial score (nSPS) is 22.3. The molecule has 2 heterocycles. The number of hydrogen-bond acceptors (Lipinski definition) is 10. The Morgan fingerprint density at radius 3 is 1.32 bits per heavy atom. The first-order valence-corrected chi connectivity index (χ1v) is 24.3. The molecule has 0 saturated heterocycles. The molecule has 0 radical (unpaired) electrons. The van der Waals surface area contributed by atoms with Crippen molar-refractivity contribution >= 4 is 24.7 Å². The summed E-state index contributed by atoms with van der Waals surface area (Å²) in [6, 6.07) is 42.2. The number of nitrogens with zero attached hydrogens (tertiary/aromatic N) is 4. The maximum absolute atomic E-state index is 13.1. The van der Waals surface area contributed by atoms with Gasteiger partial charge in [0.05, 0.1) is 11.4 Å². The van der Waals surface area contributed by atoms with Gasteiger partial charge in [-0.3, -0.25) is 9.98 Å². The maximum atomic E-state index is 13.1. The number of rotatable bonds is 10. The van der Waals surface area contributed by atoms with E-state index in [0.29, 0.717) is 24.3 Å². The van der Waals surface area contributed by atoms with Crippen molar-refractivity contribution in [1.29, 1.82) is 0 Å². The standard InChI is InChI=1S/C61H56N4O6/c1-7-49-43-31-39(3)35-60(49,62-37-41-15-11-9-12-16-41)51-27-29-55(64-53(51)33-43)70-57(66)68-47-23-19-45(20-24-47)59(5,6)46-21-25-48(26-22-46)69-58(67)71-56-30-28-52-54(65-56)34-44-32-40(4)36-61(52,50(44)8-2)63-38-42-17-13-10-14-18-42/h7-32,37-38,43-44H,33-36H2,1-6H3/b49-7+,50-8+,62-37+,63-38+. The predicted molar refractivity (Wildman–Crippen MR) is 277 cm³/mol. The Labute approximate surface area is 415 Å². The number of fused-ring (bicyclic) bond motifs is 8. The largest absolute Gasteiger partial charge is 0.520 e. The molecule has 6 aromatic rings. The monoisotopic (exact) mass is 940 g/mol. The Kier molecular flexibility index (Phi) is 12.6. The lowest BCUT2D eigenvalue weighted by Crippen LogP contribution is -2.40. The van der Waals surface area contributed by atoms with Crippen molar-refractivity contribution < 1.29 is 28.5 Å².